The lowest BCUT2D eigenvalue weighted by atomic mass is 10.1. The standard InChI is InChI=1S/C23H44O5/c1-2-3-4-5-6-7-8-9-10-11-12-13-14-15-16-17-27-23-21(26)19-28-22(23)20(25)18-24/h8-9,20-26H,2-7,10-19H2,1H3/b9-8+/t20-,21+,22+,23+/m0/s1. The third-order valence-electron chi connectivity index (χ3n) is 5.45. The molecule has 0 bridgehead atoms. The molecule has 5 heteroatoms. The van der Waals surface area contributed by atoms with E-state index in [1.807, 2.05) is 0 Å². The first kappa shape index (κ1) is 25.6. The monoisotopic (exact) mass is 400 g/mol. The van der Waals surface area contributed by atoms with Gasteiger partial charge < -0.3 is 24.8 Å². The third-order valence-corrected chi connectivity index (χ3v) is 5.45. The van der Waals surface area contributed by atoms with Crippen LogP contribution in [0.3, 0.4) is 0 Å². The van der Waals surface area contributed by atoms with Gasteiger partial charge in [-0.25, -0.2) is 0 Å². The zero-order chi connectivity index (χ0) is 20.5. The molecule has 0 radical (unpaired) electrons. The van der Waals surface area contributed by atoms with E-state index in [1.54, 1.807) is 0 Å². The number of hydrogen-bond acceptors (Lipinski definition) is 5. The van der Waals surface area contributed by atoms with Crippen molar-refractivity contribution >= 4 is 0 Å². The molecule has 1 rings (SSSR count). The SMILES string of the molecule is CCCCCCC/C=C/CCCCCCCCO[C@H]1[C@@H]([C@@H](O)CO)OC[C@H]1O. The van der Waals surface area contributed by atoms with Crippen molar-refractivity contribution in [1.29, 1.82) is 0 Å². The largest absolute Gasteiger partial charge is 0.394 e. The number of aliphatic hydroxyl groups excluding tert-OH is 3. The highest BCUT2D eigenvalue weighted by Gasteiger charge is 2.40. The van der Waals surface area contributed by atoms with E-state index in [9.17, 15) is 10.2 Å². The second-order valence-electron chi connectivity index (χ2n) is 8.03. The molecule has 0 aliphatic carbocycles. The number of unbranched alkanes of at least 4 members (excludes halogenated alkanes) is 11. The molecule has 1 heterocycles. The summed E-state index contributed by atoms with van der Waals surface area (Å²) in [4.78, 5) is 0. The van der Waals surface area contributed by atoms with Gasteiger partial charge in [-0.15, -0.1) is 0 Å². The van der Waals surface area contributed by atoms with Crippen LogP contribution in [0.2, 0.25) is 0 Å². The molecule has 0 amide bonds. The lowest BCUT2D eigenvalue weighted by Crippen LogP contribution is -2.42. The Morgan fingerprint density at radius 1 is 0.929 bits per heavy atom. The fourth-order valence-corrected chi connectivity index (χ4v) is 3.65. The Labute approximate surface area is 172 Å². The van der Waals surface area contributed by atoms with Crippen molar-refractivity contribution in [3.05, 3.63) is 12.2 Å². The van der Waals surface area contributed by atoms with Gasteiger partial charge in [0.2, 0.25) is 0 Å². The molecule has 1 aliphatic rings. The van der Waals surface area contributed by atoms with Crippen LogP contribution < -0.4 is 0 Å². The summed E-state index contributed by atoms with van der Waals surface area (Å²) >= 11 is 0. The highest BCUT2D eigenvalue weighted by molar-refractivity contribution is 4.89. The van der Waals surface area contributed by atoms with Crippen molar-refractivity contribution in [2.75, 3.05) is 19.8 Å². The second-order valence-corrected chi connectivity index (χ2v) is 8.03. The molecule has 1 aliphatic heterocycles. The lowest BCUT2D eigenvalue weighted by molar-refractivity contribution is -0.0938. The van der Waals surface area contributed by atoms with E-state index in [-0.39, 0.29) is 13.2 Å². The topological polar surface area (TPSA) is 79.2 Å². The van der Waals surface area contributed by atoms with Crippen LogP contribution in [0.1, 0.15) is 90.4 Å². The smallest absolute Gasteiger partial charge is 0.114 e. The molecule has 1 saturated heterocycles. The van der Waals surface area contributed by atoms with E-state index in [0.29, 0.717) is 6.61 Å². The van der Waals surface area contributed by atoms with Crippen molar-refractivity contribution in [3.63, 3.8) is 0 Å². The second kappa shape index (κ2) is 17.4. The summed E-state index contributed by atoms with van der Waals surface area (Å²) in [7, 11) is 0. The minimum atomic E-state index is -1.00. The van der Waals surface area contributed by atoms with Gasteiger partial charge in [-0.2, -0.15) is 0 Å². The molecule has 3 N–H and O–H groups in total. The first-order chi connectivity index (χ1) is 13.7. The van der Waals surface area contributed by atoms with E-state index in [4.69, 9.17) is 14.6 Å². The van der Waals surface area contributed by atoms with Crippen LogP contribution in [0, 0.1) is 0 Å². The van der Waals surface area contributed by atoms with Crippen molar-refractivity contribution < 1.29 is 24.8 Å². The van der Waals surface area contributed by atoms with Crippen molar-refractivity contribution in [3.8, 4) is 0 Å². The summed E-state index contributed by atoms with van der Waals surface area (Å²) in [6.07, 6.45) is 18.1. The number of rotatable bonds is 18. The van der Waals surface area contributed by atoms with Crippen LogP contribution in [0.25, 0.3) is 0 Å². The van der Waals surface area contributed by atoms with Crippen LogP contribution in [0.15, 0.2) is 12.2 Å². The lowest BCUT2D eigenvalue weighted by Gasteiger charge is -2.23. The van der Waals surface area contributed by atoms with Crippen molar-refractivity contribution in [1.82, 2.24) is 0 Å². The highest BCUT2D eigenvalue weighted by atomic mass is 16.6. The van der Waals surface area contributed by atoms with Gasteiger partial charge in [0.1, 0.15) is 24.4 Å². The normalized spacial score (nSPS) is 23.6. The molecule has 0 unspecified atom stereocenters. The quantitative estimate of drug-likeness (QED) is 0.238. The molecule has 0 aromatic rings. The summed E-state index contributed by atoms with van der Waals surface area (Å²) in [5, 5.41) is 28.6. The Bertz CT molecular complexity index is 374. The summed E-state index contributed by atoms with van der Waals surface area (Å²) in [6.45, 7) is 2.58. The van der Waals surface area contributed by atoms with Crippen LogP contribution in [0.4, 0.5) is 0 Å². The van der Waals surface area contributed by atoms with Gasteiger partial charge in [-0.3, -0.25) is 0 Å². The number of allylic oxidation sites excluding steroid dienone is 2. The molecule has 0 aromatic heterocycles. The van der Waals surface area contributed by atoms with Gasteiger partial charge in [0, 0.05) is 6.61 Å². The average molecular weight is 401 g/mol. The Morgan fingerprint density at radius 3 is 2.11 bits per heavy atom. The molecular weight excluding hydrogens is 356 g/mol. The first-order valence-electron chi connectivity index (χ1n) is 11.6. The van der Waals surface area contributed by atoms with Crippen LogP contribution in [-0.2, 0) is 9.47 Å². The van der Waals surface area contributed by atoms with Gasteiger partial charge in [0.15, 0.2) is 0 Å². The van der Waals surface area contributed by atoms with Gasteiger partial charge in [0.25, 0.3) is 0 Å². The fourth-order valence-electron chi connectivity index (χ4n) is 3.65. The maximum absolute atomic E-state index is 9.88. The van der Waals surface area contributed by atoms with Gasteiger partial charge in [-0.1, -0.05) is 70.4 Å². The minimum absolute atomic E-state index is 0.152. The number of hydrogen-bond donors (Lipinski definition) is 3. The van der Waals surface area contributed by atoms with Gasteiger partial charge >= 0.3 is 0 Å². The molecule has 5 nitrogen and oxygen atoms in total. The van der Waals surface area contributed by atoms with E-state index in [2.05, 4.69) is 19.1 Å². The van der Waals surface area contributed by atoms with Crippen LogP contribution >= 0.6 is 0 Å². The highest BCUT2D eigenvalue weighted by Crippen LogP contribution is 2.21. The Kier molecular flexibility index (Phi) is 15.9. The predicted octanol–water partition coefficient (Wildman–Crippen LogP) is 4.13. The predicted molar refractivity (Wildman–Crippen MR) is 113 cm³/mol. The van der Waals surface area contributed by atoms with Gasteiger partial charge in [0.05, 0.1) is 13.2 Å². The van der Waals surface area contributed by atoms with E-state index in [0.717, 1.165) is 12.8 Å². The average Bonchev–Trinajstić information content (AvgIpc) is 3.07. The molecule has 166 valence electrons. The fraction of sp³-hybridized carbons (Fsp3) is 0.913. The molecule has 0 spiro atoms. The molecule has 0 aromatic carbocycles. The minimum Gasteiger partial charge on any atom is -0.394 e. The van der Waals surface area contributed by atoms with E-state index < -0.39 is 24.4 Å². The summed E-state index contributed by atoms with van der Waals surface area (Å²) < 4.78 is 11.0. The third kappa shape index (κ3) is 11.5. The maximum atomic E-state index is 9.88. The van der Waals surface area contributed by atoms with Gasteiger partial charge in [-0.05, 0) is 32.1 Å². The van der Waals surface area contributed by atoms with E-state index in [1.165, 1.54) is 70.6 Å². The number of aliphatic hydroxyl groups is 3. The summed E-state index contributed by atoms with van der Waals surface area (Å²) in [5.74, 6) is 0. The molecule has 28 heavy (non-hydrogen) atoms. The van der Waals surface area contributed by atoms with Crippen LogP contribution in [-0.4, -0.2) is 59.6 Å². The number of ether oxygens (including phenoxy) is 2. The molecule has 1 fully saturated rings. The van der Waals surface area contributed by atoms with Crippen LogP contribution in [0.5, 0.6) is 0 Å². The molecule has 0 saturated carbocycles. The van der Waals surface area contributed by atoms with E-state index >= 15 is 0 Å². The molecule has 4 atom stereocenters. The summed E-state index contributed by atoms with van der Waals surface area (Å²) in [6, 6.07) is 0. The zero-order valence-electron chi connectivity index (χ0n) is 17.9. The Hall–Kier alpha value is -0.460. The summed E-state index contributed by atoms with van der Waals surface area (Å²) in [5.41, 5.74) is 0. The van der Waals surface area contributed by atoms with Crippen molar-refractivity contribution in [2.24, 2.45) is 0 Å². The maximum Gasteiger partial charge on any atom is 0.114 e. The van der Waals surface area contributed by atoms with Crippen molar-refractivity contribution in [2.45, 2.75) is 115 Å². The Balaban J connectivity index is 1.89. The molecular formula is C23H44O5. The zero-order valence-corrected chi connectivity index (χ0v) is 17.9. The first-order valence-corrected chi connectivity index (χ1v) is 11.6. The Morgan fingerprint density at radius 2 is 1.50 bits per heavy atom.